The number of benzene rings is 2. The zero-order valence-electron chi connectivity index (χ0n) is 10.8. The minimum absolute atomic E-state index is 0.168. The van der Waals surface area contributed by atoms with Gasteiger partial charge in [0.05, 0.1) is 11.9 Å². The molecule has 0 bridgehead atoms. The van der Waals surface area contributed by atoms with Crippen LogP contribution in [0, 0.1) is 0 Å². The lowest BCUT2D eigenvalue weighted by atomic mass is 10.1. The topological polar surface area (TPSA) is 60.7 Å². The summed E-state index contributed by atoms with van der Waals surface area (Å²) in [7, 11) is 0. The third-order valence-electron chi connectivity index (χ3n) is 3.52. The van der Waals surface area contributed by atoms with Crippen LogP contribution in [0.2, 0.25) is 0 Å². The maximum Gasteiger partial charge on any atom is 0.196 e. The molecule has 3 aromatic rings. The fourth-order valence-electron chi connectivity index (χ4n) is 2.53. The maximum atomic E-state index is 10.1. The molecule has 0 spiro atoms. The Hall–Kier alpha value is -2.40. The van der Waals surface area contributed by atoms with E-state index in [2.05, 4.69) is 31.1 Å². The Labute approximate surface area is 128 Å². The zero-order valence-corrected chi connectivity index (χ0v) is 12.4. The third kappa shape index (κ3) is 1.97. The first-order valence-electron chi connectivity index (χ1n) is 6.44. The zero-order chi connectivity index (χ0) is 14.4. The van der Waals surface area contributed by atoms with E-state index in [9.17, 15) is 5.11 Å². The van der Waals surface area contributed by atoms with E-state index in [0.29, 0.717) is 0 Å². The number of fused-ring (bicyclic) bond motifs is 2. The molecule has 102 valence electrons. The van der Waals surface area contributed by atoms with Gasteiger partial charge >= 0.3 is 0 Å². The van der Waals surface area contributed by atoms with Crippen molar-refractivity contribution < 1.29 is 5.11 Å². The van der Waals surface area contributed by atoms with Crippen LogP contribution in [-0.2, 0) is 0 Å². The molecule has 0 radical (unpaired) electrons. The van der Waals surface area contributed by atoms with Crippen LogP contribution >= 0.6 is 15.9 Å². The summed E-state index contributed by atoms with van der Waals surface area (Å²) in [6, 6.07) is 11.8. The molecule has 0 atom stereocenters. The van der Waals surface area contributed by atoms with Gasteiger partial charge in [0.15, 0.2) is 5.88 Å². The predicted octanol–water partition coefficient (Wildman–Crippen LogP) is 3.30. The van der Waals surface area contributed by atoms with Crippen LogP contribution in [-0.4, -0.2) is 10.1 Å². The molecule has 2 heterocycles. The highest BCUT2D eigenvalue weighted by Crippen LogP contribution is 2.27. The molecule has 0 fully saturated rings. The third-order valence-corrected chi connectivity index (χ3v) is 4.17. The van der Waals surface area contributed by atoms with Crippen molar-refractivity contribution in [3.05, 3.63) is 56.9 Å². The molecular formula is C16H10BrN3O. The van der Waals surface area contributed by atoms with Crippen molar-refractivity contribution in [2.75, 3.05) is 0 Å². The van der Waals surface area contributed by atoms with E-state index in [4.69, 9.17) is 0 Å². The Bertz CT molecular complexity index is 1020. The standard InChI is InChI=1S/C16H10BrN3O/c17-13-6-9(7-15-12(13)8-18-20-15)5-11-10-3-1-2-4-14(10)19-16(11)21/h1-8,19,21H. The summed E-state index contributed by atoms with van der Waals surface area (Å²) < 4.78 is 0.940. The number of nitrogens with one attached hydrogen (secondary N) is 1. The van der Waals surface area contributed by atoms with Crippen LogP contribution in [0.25, 0.3) is 23.2 Å². The van der Waals surface area contributed by atoms with Gasteiger partial charge in [-0.25, -0.2) is 0 Å². The van der Waals surface area contributed by atoms with E-state index in [0.717, 1.165) is 37.1 Å². The largest absolute Gasteiger partial charge is 0.494 e. The van der Waals surface area contributed by atoms with Crippen molar-refractivity contribution in [2.45, 2.75) is 0 Å². The molecular weight excluding hydrogens is 330 g/mol. The highest BCUT2D eigenvalue weighted by atomic mass is 79.9. The van der Waals surface area contributed by atoms with Crippen LogP contribution in [0.3, 0.4) is 0 Å². The van der Waals surface area contributed by atoms with Crippen LogP contribution < -0.4 is 10.4 Å². The minimum Gasteiger partial charge on any atom is -0.494 e. The van der Waals surface area contributed by atoms with E-state index in [1.54, 1.807) is 6.20 Å². The van der Waals surface area contributed by atoms with Crippen LogP contribution in [0.4, 0.5) is 5.69 Å². The van der Waals surface area contributed by atoms with E-state index < -0.39 is 0 Å². The monoisotopic (exact) mass is 339 g/mol. The summed E-state index contributed by atoms with van der Waals surface area (Å²) in [6.07, 6.45) is 3.67. The van der Waals surface area contributed by atoms with Crippen molar-refractivity contribution in [2.24, 2.45) is 10.2 Å². The fourth-order valence-corrected chi connectivity index (χ4v) is 3.10. The van der Waals surface area contributed by atoms with Gasteiger partial charge in [0.1, 0.15) is 0 Å². The molecule has 1 aromatic heterocycles. The first-order valence-corrected chi connectivity index (χ1v) is 7.24. The molecule has 0 amide bonds. The average Bonchev–Trinajstić information content (AvgIpc) is 3.05. The number of para-hydroxylation sites is 1. The summed E-state index contributed by atoms with van der Waals surface area (Å²) in [5, 5.41) is 21.0. The molecule has 0 aliphatic carbocycles. The Kier molecular flexibility index (Phi) is 2.68. The van der Waals surface area contributed by atoms with Crippen molar-refractivity contribution in [3.8, 4) is 5.88 Å². The highest BCUT2D eigenvalue weighted by molar-refractivity contribution is 9.10. The van der Waals surface area contributed by atoms with Crippen LogP contribution in [0.15, 0.2) is 51.1 Å². The highest BCUT2D eigenvalue weighted by Gasteiger charge is 2.08. The van der Waals surface area contributed by atoms with E-state index in [1.165, 1.54) is 0 Å². The summed E-state index contributed by atoms with van der Waals surface area (Å²) in [6.45, 7) is 0. The summed E-state index contributed by atoms with van der Waals surface area (Å²) in [5.74, 6) is 0.168. The van der Waals surface area contributed by atoms with Crippen molar-refractivity contribution >= 4 is 44.8 Å². The van der Waals surface area contributed by atoms with E-state index >= 15 is 0 Å². The van der Waals surface area contributed by atoms with Gasteiger partial charge in [0, 0.05) is 26.2 Å². The molecule has 0 unspecified atom stereocenters. The molecule has 0 saturated carbocycles. The smallest absolute Gasteiger partial charge is 0.196 e. The second-order valence-electron chi connectivity index (χ2n) is 4.86. The van der Waals surface area contributed by atoms with Crippen molar-refractivity contribution in [1.29, 1.82) is 0 Å². The lowest BCUT2D eigenvalue weighted by molar-refractivity contribution is 0.457. The normalized spacial score (nSPS) is 13.7. The van der Waals surface area contributed by atoms with E-state index in [-0.39, 0.29) is 5.88 Å². The van der Waals surface area contributed by atoms with Crippen molar-refractivity contribution in [3.63, 3.8) is 0 Å². The number of hydrogen-bond acceptors (Lipinski definition) is 3. The molecule has 4 rings (SSSR count). The SMILES string of the molecule is Oc1[nH]c2ccccc2c1C=c1cc(Br)c2c(c1)N=NC=2. The summed E-state index contributed by atoms with van der Waals surface area (Å²) in [5.41, 5.74) is 2.51. The number of aromatic amines is 1. The number of aromatic hydroxyl groups is 1. The Balaban J connectivity index is 1.99. The fraction of sp³-hybridized carbons (Fsp3) is 0. The second kappa shape index (κ2) is 4.56. The molecule has 1 aliphatic rings. The van der Waals surface area contributed by atoms with Crippen LogP contribution in [0.5, 0.6) is 5.88 Å². The predicted molar refractivity (Wildman–Crippen MR) is 85.9 cm³/mol. The average molecular weight is 340 g/mol. The molecule has 5 heteroatoms. The Morgan fingerprint density at radius 1 is 1.19 bits per heavy atom. The quantitative estimate of drug-likeness (QED) is 0.702. The van der Waals surface area contributed by atoms with Gasteiger partial charge in [-0.1, -0.05) is 34.1 Å². The van der Waals surface area contributed by atoms with Gasteiger partial charge in [-0.15, -0.1) is 0 Å². The summed E-state index contributed by atoms with van der Waals surface area (Å²) in [4.78, 5) is 2.98. The minimum atomic E-state index is 0.168. The molecule has 2 N–H and O–H groups in total. The number of aromatic nitrogens is 1. The molecule has 21 heavy (non-hydrogen) atoms. The maximum absolute atomic E-state index is 10.1. The summed E-state index contributed by atoms with van der Waals surface area (Å²) >= 11 is 3.53. The number of nitrogens with zero attached hydrogens (tertiary/aromatic N) is 2. The number of azo groups is 1. The number of rotatable bonds is 1. The van der Waals surface area contributed by atoms with Gasteiger partial charge in [-0.3, -0.25) is 0 Å². The first-order chi connectivity index (χ1) is 10.2. The Morgan fingerprint density at radius 3 is 2.95 bits per heavy atom. The molecule has 0 saturated heterocycles. The van der Waals surface area contributed by atoms with Gasteiger partial charge in [-0.05, 0) is 29.5 Å². The van der Waals surface area contributed by atoms with Crippen LogP contribution in [0.1, 0.15) is 5.56 Å². The lowest BCUT2D eigenvalue weighted by Gasteiger charge is -1.96. The van der Waals surface area contributed by atoms with Gasteiger partial charge in [0.2, 0.25) is 0 Å². The van der Waals surface area contributed by atoms with Crippen molar-refractivity contribution in [1.82, 2.24) is 4.98 Å². The van der Waals surface area contributed by atoms with Gasteiger partial charge in [-0.2, -0.15) is 10.2 Å². The molecule has 1 aliphatic heterocycles. The number of halogens is 1. The Morgan fingerprint density at radius 2 is 2.05 bits per heavy atom. The lowest BCUT2D eigenvalue weighted by Crippen LogP contribution is -2.09. The van der Waals surface area contributed by atoms with Gasteiger partial charge in [0.25, 0.3) is 0 Å². The molecule has 2 aromatic carbocycles. The second-order valence-corrected chi connectivity index (χ2v) is 5.71. The molecule has 4 nitrogen and oxygen atoms in total. The van der Waals surface area contributed by atoms with E-state index in [1.807, 2.05) is 42.5 Å². The van der Waals surface area contributed by atoms with Gasteiger partial charge < -0.3 is 10.1 Å². The number of hydrogen-bond donors (Lipinski definition) is 2. The first kappa shape index (κ1) is 12.3. The number of H-pyrrole nitrogens is 1.